The SMILES string of the molecule is CCc1c(OOC(C)=O)nn(-c2ccc(F)cc2)c1-c1ccc(OC)c(OC)c1. The Bertz CT molecular complexity index is 1010. The Hall–Kier alpha value is -3.55. The van der Waals surface area contributed by atoms with Gasteiger partial charge in [0, 0.05) is 18.1 Å². The number of nitrogens with zero attached hydrogens (tertiary/aromatic N) is 2. The summed E-state index contributed by atoms with van der Waals surface area (Å²) in [5.74, 6) is 0.313. The van der Waals surface area contributed by atoms with Crippen molar-refractivity contribution < 1.29 is 28.4 Å². The molecule has 0 fully saturated rings. The summed E-state index contributed by atoms with van der Waals surface area (Å²) in [5.41, 5.74) is 2.79. The Balaban J connectivity index is 2.22. The van der Waals surface area contributed by atoms with Gasteiger partial charge in [-0.1, -0.05) is 6.92 Å². The standard InChI is InChI=1S/C21H21FN2O5/c1-5-17-20(14-6-11-18(26-3)19(12-14)27-4)24(16-9-7-15(22)8-10-16)23-21(17)29-28-13(2)25/h6-12H,5H2,1-4H3. The lowest BCUT2D eigenvalue weighted by molar-refractivity contribution is -0.212. The van der Waals surface area contributed by atoms with Crippen LogP contribution in [-0.4, -0.2) is 30.0 Å². The van der Waals surface area contributed by atoms with E-state index in [1.54, 1.807) is 37.1 Å². The summed E-state index contributed by atoms with van der Waals surface area (Å²) in [4.78, 5) is 21.0. The summed E-state index contributed by atoms with van der Waals surface area (Å²) in [6, 6.07) is 11.3. The first-order valence-corrected chi connectivity index (χ1v) is 8.93. The molecular weight excluding hydrogens is 379 g/mol. The molecule has 0 N–H and O–H groups in total. The van der Waals surface area contributed by atoms with Crippen molar-refractivity contribution in [3.05, 3.63) is 53.8 Å². The summed E-state index contributed by atoms with van der Waals surface area (Å²) in [7, 11) is 3.11. The highest BCUT2D eigenvalue weighted by atomic mass is 19.1. The van der Waals surface area contributed by atoms with Crippen molar-refractivity contribution in [2.75, 3.05) is 14.2 Å². The Labute approximate surface area is 167 Å². The molecule has 1 heterocycles. The van der Waals surface area contributed by atoms with Crippen LogP contribution >= 0.6 is 0 Å². The van der Waals surface area contributed by atoms with Gasteiger partial charge < -0.3 is 9.47 Å². The molecule has 1 aromatic heterocycles. The summed E-state index contributed by atoms with van der Waals surface area (Å²) >= 11 is 0. The van der Waals surface area contributed by atoms with Crippen molar-refractivity contribution in [1.29, 1.82) is 0 Å². The Morgan fingerprint density at radius 1 is 1.07 bits per heavy atom. The normalized spacial score (nSPS) is 10.5. The van der Waals surface area contributed by atoms with Crippen LogP contribution in [0.3, 0.4) is 0 Å². The minimum absolute atomic E-state index is 0.150. The van der Waals surface area contributed by atoms with Gasteiger partial charge in [-0.15, -0.1) is 5.10 Å². The zero-order chi connectivity index (χ0) is 21.0. The molecule has 7 nitrogen and oxygen atoms in total. The first kappa shape index (κ1) is 20.2. The van der Waals surface area contributed by atoms with Gasteiger partial charge in [-0.2, -0.15) is 0 Å². The highest BCUT2D eigenvalue weighted by Gasteiger charge is 2.23. The monoisotopic (exact) mass is 400 g/mol. The number of benzene rings is 2. The fourth-order valence-corrected chi connectivity index (χ4v) is 2.96. The predicted molar refractivity (Wildman–Crippen MR) is 104 cm³/mol. The molecule has 0 unspecified atom stereocenters. The molecule has 0 atom stereocenters. The van der Waals surface area contributed by atoms with E-state index in [1.807, 2.05) is 19.1 Å². The van der Waals surface area contributed by atoms with Crippen LogP contribution in [0.25, 0.3) is 16.9 Å². The van der Waals surface area contributed by atoms with E-state index in [0.717, 1.165) is 5.56 Å². The predicted octanol–water partition coefficient (Wildman–Crippen LogP) is 4.11. The van der Waals surface area contributed by atoms with Crippen molar-refractivity contribution in [2.24, 2.45) is 0 Å². The average Bonchev–Trinajstić information content (AvgIpc) is 3.10. The number of aromatic nitrogens is 2. The van der Waals surface area contributed by atoms with E-state index in [2.05, 4.69) is 5.10 Å². The lowest BCUT2D eigenvalue weighted by atomic mass is 10.0. The zero-order valence-electron chi connectivity index (χ0n) is 16.6. The molecular formula is C21H21FN2O5. The smallest absolute Gasteiger partial charge is 0.352 e. The molecule has 0 aliphatic rings. The minimum Gasteiger partial charge on any atom is -0.493 e. The van der Waals surface area contributed by atoms with Gasteiger partial charge in [0.05, 0.1) is 25.6 Å². The highest BCUT2D eigenvalue weighted by Crippen LogP contribution is 2.38. The van der Waals surface area contributed by atoms with E-state index in [9.17, 15) is 9.18 Å². The van der Waals surface area contributed by atoms with Crippen molar-refractivity contribution in [3.8, 4) is 34.3 Å². The summed E-state index contributed by atoms with van der Waals surface area (Å²) in [5, 5.41) is 4.45. The number of carbonyl (C=O) groups is 1. The molecule has 0 bridgehead atoms. The lowest BCUT2D eigenvalue weighted by Crippen LogP contribution is -2.04. The molecule has 152 valence electrons. The van der Waals surface area contributed by atoms with E-state index in [0.29, 0.717) is 34.9 Å². The number of carbonyl (C=O) groups excluding carboxylic acids is 1. The number of rotatable bonds is 7. The number of methoxy groups -OCH3 is 2. The molecule has 0 spiro atoms. The van der Waals surface area contributed by atoms with Gasteiger partial charge in [-0.3, -0.25) is 4.89 Å². The summed E-state index contributed by atoms with van der Waals surface area (Å²) in [6.07, 6.45) is 0.543. The second-order valence-corrected chi connectivity index (χ2v) is 6.10. The summed E-state index contributed by atoms with van der Waals surface area (Å²) < 4.78 is 25.8. The van der Waals surface area contributed by atoms with Crippen LogP contribution in [0.15, 0.2) is 42.5 Å². The van der Waals surface area contributed by atoms with E-state index in [1.165, 1.54) is 19.1 Å². The van der Waals surface area contributed by atoms with E-state index in [-0.39, 0.29) is 11.7 Å². The fraction of sp³-hybridized carbons (Fsp3) is 0.238. The van der Waals surface area contributed by atoms with Crippen LogP contribution in [-0.2, 0) is 16.1 Å². The topological polar surface area (TPSA) is 71.8 Å². The van der Waals surface area contributed by atoms with Crippen LogP contribution in [0.5, 0.6) is 17.4 Å². The van der Waals surface area contributed by atoms with Gasteiger partial charge in [0.2, 0.25) is 0 Å². The molecule has 0 aliphatic heterocycles. The third-order valence-electron chi connectivity index (χ3n) is 4.27. The average molecular weight is 400 g/mol. The van der Waals surface area contributed by atoms with Crippen LogP contribution in [0, 0.1) is 5.82 Å². The molecule has 0 saturated carbocycles. The van der Waals surface area contributed by atoms with E-state index in [4.69, 9.17) is 19.2 Å². The second kappa shape index (κ2) is 8.64. The number of hydrogen-bond acceptors (Lipinski definition) is 6. The largest absolute Gasteiger partial charge is 0.493 e. The van der Waals surface area contributed by atoms with Crippen LogP contribution in [0.1, 0.15) is 19.4 Å². The first-order chi connectivity index (χ1) is 14.0. The molecule has 0 aliphatic carbocycles. The van der Waals surface area contributed by atoms with Crippen molar-refractivity contribution >= 4 is 5.97 Å². The van der Waals surface area contributed by atoms with E-state index >= 15 is 0 Å². The van der Waals surface area contributed by atoms with Crippen LogP contribution in [0.2, 0.25) is 0 Å². The maximum Gasteiger partial charge on any atom is 0.352 e. The molecule has 0 radical (unpaired) electrons. The third kappa shape index (κ3) is 4.16. The van der Waals surface area contributed by atoms with Gasteiger partial charge in [-0.05, 0) is 48.9 Å². The molecule has 2 aromatic carbocycles. The maximum atomic E-state index is 13.4. The molecule has 8 heteroatoms. The zero-order valence-corrected chi connectivity index (χ0v) is 16.6. The van der Waals surface area contributed by atoms with Gasteiger partial charge >= 0.3 is 5.97 Å². The lowest BCUT2D eigenvalue weighted by Gasteiger charge is -2.12. The van der Waals surface area contributed by atoms with E-state index < -0.39 is 5.97 Å². The molecule has 3 rings (SSSR count). The fourth-order valence-electron chi connectivity index (χ4n) is 2.96. The van der Waals surface area contributed by atoms with Gasteiger partial charge in [0.1, 0.15) is 5.82 Å². The van der Waals surface area contributed by atoms with Crippen LogP contribution < -0.4 is 14.4 Å². The quantitative estimate of drug-likeness (QED) is 0.439. The van der Waals surface area contributed by atoms with Gasteiger partial charge in [-0.25, -0.2) is 18.8 Å². The molecule has 0 saturated heterocycles. The van der Waals surface area contributed by atoms with Gasteiger partial charge in [0.15, 0.2) is 11.5 Å². The molecule has 29 heavy (non-hydrogen) atoms. The van der Waals surface area contributed by atoms with Crippen molar-refractivity contribution in [3.63, 3.8) is 0 Å². The number of halogens is 1. The third-order valence-corrected chi connectivity index (χ3v) is 4.27. The highest BCUT2D eigenvalue weighted by molar-refractivity contribution is 5.71. The Morgan fingerprint density at radius 3 is 2.34 bits per heavy atom. The van der Waals surface area contributed by atoms with Crippen molar-refractivity contribution in [2.45, 2.75) is 20.3 Å². The number of hydrogen-bond donors (Lipinski definition) is 0. The van der Waals surface area contributed by atoms with Crippen LogP contribution in [0.4, 0.5) is 4.39 Å². The summed E-state index contributed by atoms with van der Waals surface area (Å²) in [6.45, 7) is 3.16. The first-order valence-electron chi connectivity index (χ1n) is 8.93. The molecule has 0 amide bonds. The maximum absolute atomic E-state index is 13.4. The number of ether oxygens (including phenoxy) is 2. The van der Waals surface area contributed by atoms with Crippen molar-refractivity contribution in [1.82, 2.24) is 9.78 Å². The van der Waals surface area contributed by atoms with Gasteiger partial charge in [0.25, 0.3) is 5.88 Å². The Kier molecular flexibility index (Phi) is 6.01. The minimum atomic E-state index is -0.601. The Morgan fingerprint density at radius 2 is 1.76 bits per heavy atom. The molecule has 3 aromatic rings. The second-order valence-electron chi connectivity index (χ2n) is 6.10.